The molecule has 0 aliphatic carbocycles. The molecule has 1 saturated heterocycles. The molecule has 1 unspecified atom stereocenters. The summed E-state index contributed by atoms with van der Waals surface area (Å²) < 4.78 is 5.36. The predicted molar refractivity (Wildman–Crippen MR) is 64.6 cm³/mol. The van der Waals surface area contributed by atoms with Crippen LogP contribution < -0.4 is 0 Å². The number of rotatable bonds is 7. The quantitative estimate of drug-likeness (QED) is 0.485. The Morgan fingerprint density at radius 2 is 2.27 bits per heavy atom. The molecule has 1 fully saturated rings. The van der Waals surface area contributed by atoms with Crippen LogP contribution in [0.4, 0.5) is 0 Å². The Balaban J connectivity index is 2.00. The highest BCUT2D eigenvalue weighted by atomic mass is 35.5. The summed E-state index contributed by atoms with van der Waals surface area (Å²) in [5.41, 5.74) is 0. The van der Waals surface area contributed by atoms with Crippen LogP contribution in [0.3, 0.4) is 0 Å². The van der Waals surface area contributed by atoms with E-state index in [1.54, 1.807) is 0 Å². The molecule has 15 heavy (non-hydrogen) atoms. The van der Waals surface area contributed by atoms with Crippen LogP contribution in [0.1, 0.15) is 6.42 Å². The zero-order valence-electron chi connectivity index (χ0n) is 9.91. The van der Waals surface area contributed by atoms with E-state index < -0.39 is 0 Å². The van der Waals surface area contributed by atoms with Gasteiger partial charge in [0.2, 0.25) is 0 Å². The normalized spacial score (nSPS) is 22.8. The van der Waals surface area contributed by atoms with Gasteiger partial charge in [-0.05, 0) is 33.0 Å². The van der Waals surface area contributed by atoms with E-state index in [-0.39, 0.29) is 0 Å². The largest absolute Gasteiger partial charge is 0.379 e. The molecule has 0 aromatic rings. The molecule has 0 saturated carbocycles. The van der Waals surface area contributed by atoms with E-state index in [9.17, 15) is 0 Å². The van der Waals surface area contributed by atoms with E-state index >= 15 is 0 Å². The predicted octanol–water partition coefficient (Wildman–Crippen LogP) is 1.13. The van der Waals surface area contributed by atoms with E-state index in [4.69, 9.17) is 16.3 Å². The molecule has 0 aromatic carbocycles. The molecule has 4 heteroatoms. The third kappa shape index (κ3) is 5.71. The standard InChI is InChI=1S/C11H23ClN2O/c1-13-5-3-11(9-13)10-14(2)6-8-15-7-4-12/h11H,3-10H2,1-2H3. The minimum absolute atomic E-state index is 0.594. The van der Waals surface area contributed by atoms with Crippen molar-refractivity contribution in [2.45, 2.75) is 6.42 Å². The SMILES string of the molecule is CN(CCOCCCl)CC1CCN(C)C1. The lowest BCUT2D eigenvalue weighted by Crippen LogP contribution is -2.30. The van der Waals surface area contributed by atoms with E-state index in [0.29, 0.717) is 12.5 Å². The fourth-order valence-electron chi connectivity index (χ4n) is 2.08. The van der Waals surface area contributed by atoms with Crippen molar-refractivity contribution >= 4 is 11.6 Å². The smallest absolute Gasteiger partial charge is 0.0602 e. The lowest BCUT2D eigenvalue weighted by atomic mass is 10.1. The van der Waals surface area contributed by atoms with Crippen molar-refractivity contribution in [2.24, 2.45) is 5.92 Å². The van der Waals surface area contributed by atoms with Crippen LogP contribution in [0.25, 0.3) is 0 Å². The first-order valence-electron chi connectivity index (χ1n) is 5.73. The van der Waals surface area contributed by atoms with Gasteiger partial charge in [0.15, 0.2) is 0 Å². The fraction of sp³-hybridized carbons (Fsp3) is 1.00. The summed E-state index contributed by atoms with van der Waals surface area (Å²) >= 11 is 5.53. The van der Waals surface area contributed by atoms with E-state index in [1.807, 2.05) is 0 Å². The van der Waals surface area contributed by atoms with E-state index in [2.05, 4.69) is 23.9 Å². The lowest BCUT2D eigenvalue weighted by Gasteiger charge is -2.20. The molecule has 0 aromatic heterocycles. The Labute approximate surface area is 98.3 Å². The van der Waals surface area contributed by atoms with Crippen LogP contribution in [0.15, 0.2) is 0 Å². The van der Waals surface area contributed by atoms with Gasteiger partial charge >= 0.3 is 0 Å². The van der Waals surface area contributed by atoms with Crippen LogP contribution in [-0.4, -0.2) is 69.2 Å². The Morgan fingerprint density at radius 1 is 1.47 bits per heavy atom. The third-order valence-electron chi connectivity index (χ3n) is 2.90. The zero-order chi connectivity index (χ0) is 11.1. The molecule has 1 heterocycles. The summed E-state index contributed by atoms with van der Waals surface area (Å²) in [6, 6.07) is 0. The second-order valence-electron chi connectivity index (χ2n) is 4.48. The average Bonchev–Trinajstić information content (AvgIpc) is 2.59. The van der Waals surface area contributed by atoms with Crippen LogP contribution in [0, 0.1) is 5.92 Å². The molecule has 0 N–H and O–H groups in total. The molecule has 1 aliphatic heterocycles. The van der Waals surface area contributed by atoms with Gasteiger partial charge in [-0.25, -0.2) is 0 Å². The maximum absolute atomic E-state index is 5.53. The van der Waals surface area contributed by atoms with Gasteiger partial charge in [0.25, 0.3) is 0 Å². The topological polar surface area (TPSA) is 15.7 Å². The Hall–Kier alpha value is 0.170. The monoisotopic (exact) mass is 234 g/mol. The van der Waals surface area contributed by atoms with Crippen molar-refractivity contribution in [1.82, 2.24) is 9.80 Å². The molecule has 0 radical (unpaired) electrons. The molecular formula is C11H23ClN2O. The molecule has 1 rings (SSSR count). The summed E-state index contributed by atoms with van der Waals surface area (Å²) in [7, 11) is 4.37. The Bertz CT molecular complexity index is 169. The van der Waals surface area contributed by atoms with E-state index in [1.165, 1.54) is 26.1 Å². The highest BCUT2D eigenvalue weighted by Gasteiger charge is 2.20. The second-order valence-corrected chi connectivity index (χ2v) is 4.86. The first-order chi connectivity index (χ1) is 7.22. The van der Waals surface area contributed by atoms with Gasteiger partial charge < -0.3 is 14.5 Å². The van der Waals surface area contributed by atoms with Crippen molar-refractivity contribution in [1.29, 1.82) is 0 Å². The molecule has 0 amide bonds. The number of likely N-dealkylation sites (N-methyl/N-ethyl adjacent to an activating group) is 1. The number of likely N-dealkylation sites (tertiary alicyclic amines) is 1. The maximum atomic E-state index is 5.53. The van der Waals surface area contributed by atoms with Crippen molar-refractivity contribution < 1.29 is 4.74 Å². The summed E-state index contributed by atoms with van der Waals surface area (Å²) in [6.07, 6.45) is 1.34. The minimum Gasteiger partial charge on any atom is -0.379 e. The van der Waals surface area contributed by atoms with Crippen molar-refractivity contribution in [2.75, 3.05) is 59.4 Å². The van der Waals surface area contributed by atoms with Gasteiger partial charge in [-0.3, -0.25) is 0 Å². The highest BCUT2D eigenvalue weighted by Crippen LogP contribution is 2.14. The molecule has 0 spiro atoms. The van der Waals surface area contributed by atoms with E-state index in [0.717, 1.165) is 19.1 Å². The number of hydrogen-bond donors (Lipinski definition) is 0. The molecule has 1 aliphatic rings. The number of alkyl halides is 1. The number of halogens is 1. The average molecular weight is 235 g/mol. The first kappa shape index (κ1) is 13.2. The third-order valence-corrected chi connectivity index (χ3v) is 3.05. The summed E-state index contributed by atoms with van der Waals surface area (Å²) in [6.45, 7) is 6.16. The van der Waals surface area contributed by atoms with Gasteiger partial charge in [-0.1, -0.05) is 0 Å². The lowest BCUT2D eigenvalue weighted by molar-refractivity contribution is 0.118. The van der Waals surface area contributed by atoms with Crippen molar-refractivity contribution in [3.05, 3.63) is 0 Å². The fourth-order valence-corrected chi connectivity index (χ4v) is 2.19. The summed E-state index contributed by atoms with van der Waals surface area (Å²) in [5, 5.41) is 0. The van der Waals surface area contributed by atoms with Gasteiger partial charge in [-0.15, -0.1) is 11.6 Å². The molecule has 90 valence electrons. The molecule has 0 bridgehead atoms. The number of hydrogen-bond acceptors (Lipinski definition) is 3. The van der Waals surface area contributed by atoms with Crippen LogP contribution in [0.2, 0.25) is 0 Å². The van der Waals surface area contributed by atoms with Crippen molar-refractivity contribution in [3.8, 4) is 0 Å². The van der Waals surface area contributed by atoms with Crippen LogP contribution >= 0.6 is 11.6 Å². The van der Waals surface area contributed by atoms with Gasteiger partial charge in [0, 0.05) is 25.5 Å². The summed E-state index contributed by atoms with van der Waals surface area (Å²) in [4.78, 5) is 4.76. The van der Waals surface area contributed by atoms with Gasteiger partial charge in [-0.2, -0.15) is 0 Å². The highest BCUT2D eigenvalue weighted by molar-refractivity contribution is 6.17. The number of ether oxygens (including phenoxy) is 1. The molecule has 3 nitrogen and oxygen atoms in total. The maximum Gasteiger partial charge on any atom is 0.0602 e. The Kier molecular flexibility index (Phi) is 6.57. The minimum atomic E-state index is 0.594. The first-order valence-corrected chi connectivity index (χ1v) is 6.26. The summed E-state index contributed by atoms with van der Waals surface area (Å²) in [5.74, 6) is 1.44. The van der Waals surface area contributed by atoms with Gasteiger partial charge in [0.05, 0.1) is 13.2 Å². The molecule has 1 atom stereocenters. The van der Waals surface area contributed by atoms with Crippen LogP contribution in [0.5, 0.6) is 0 Å². The second kappa shape index (κ2) is 7.44. The zero-order valence-corrected chi connectivity index (χ0v) is 10.7. The van der Waals surface area contributed by atoms with Crippen LogP contribution in [-0.2, 0) is 4.74 Å². The van der Waals surface area contributed by atoms with Crippen molar-refractivity contribution in [3.63, 3.8) is 0 Å². The Morgan fingerprint density at radius 3 is 2.87 bits per heavy atom. The number of nitrogens with zero attached hydrogens (tertiary/aromatic N) is 2. The molecular weight excluding hydrogens is 212 g/mol. The van der Waals surface area contributed by atoms with Gasteiger partial charge in [0.1, 0.15) is 0 Å².